The molecule has 0 saturated heterocycles. The number of benzene rings is 2. The van der Waals surface area contributed by atoms with E-state index in [9.17, 15) is 4.79 Å². The molecule has 7 heteroatoms. The Balaban J connectivity index is 1.18. The smallest absolute Gasteiger partial charge is 0.407 e. The van der Waals surface area contributed by atoms with Gasteiger partial charge in [-0.25, -0.2) is 4.79 Å². The summed E-state index contributed by atoms with van der Waals surface area (Å²) in [6.07, 6.45) is 2.01. The molecule has 0 heterocycles. The molecule has 0 aromatic heterocycles. The van der Waals surface area contributed by atoms with E-state index < -0.39 is 6.09 Å². The van der Waals surface area contributed by atoms with Crippen LogP contribution in [0.1, 0.15) is 23.5 Å². The van der Waals surface area contributed by atoms with E-state index in [0.29, 0.717) is 72.4 Å². The van der Waals surface area contributed by atoms with Crippen molar-refractivity contribution in [2.45, 2.75) is 12.3 Å². The van der Waals surface area contributed by atoms with Crippen molar-refractivity contribution in [3.63, 3.8) is 0 Å². The van der Waals surface area contributed by atoms with Crippen LogP contribution in [0.15, 0.2) is 61.2 Å². The minimum atomic E-state index is -0.403. The van der Waals surface area contributed by atoms with Crippen molar-refractivity contribution in [3.05, 3.63) is 72.3 Å². The Morgan fingerprint density at radius 2 is 1.32 bits per heavy atom. The molecule has 3 rings (SSSR count). The Morgan fingerprint density at radius 3 is 1.91 bits per heavy atom. The average Bonchev–Trinajstić information content (AvgIpc) is 3.19. The van der Waals surface area contributed by atoms with Crippen LogP contribution in [0.4, 0.5) is 4.79 Å². The molecule has 0 fully saturated rings. The third-order valence-corrected chi connectivity index (χ3v) is 5.43. The lowest BCUT2D eigenvalue weighted by molar-refractivity contribution is 0.000720. The molecule has 1 aliphatic rings. The number of alkyl carbamates (subject to hydrolysis) is 1. The molecule has 7 nitrogen and oxygen atoms in total. The predicted octanol–water partition coefficient (Wildman–Crippen LogP) is 4.17. The van der Waals surface area contributed by atoms with Crippen LogP contribution in [-0.2, 0) is 23.7 Å². The molecule has 0 spiro atoms. The zero-order chi connectivity index (χ0) is 23.8. The number of rotatable bonds is 17. The van der Waals surface area contributed by atoms with Crippen LogP contribution in [0.5, 0.6) is 0 Å². The zero-order valence-corrected chi connectivity index (χ0v) is 19.7. The van der Waals surface area contributed by atoms with Crippen LogP contribution in [0.2, 0.25) is 0 Å². The van der Waals surface area contributed by atoms with E-state index in [0.717, 1.165) is 0 Å². The number of amides is 1. The summed E-state index contributed by atoms with van der Waals surface area (Å²) in [5.41, 5.74) is 4.84. The van der Waals surface area contributed by atoms with Crippen LogP contribution in [-0.4, -0.2) is 72.1 Å². The largest absolute Gasteiger partial charge is 0.449 e. The number of nitrogens with one attached hydrogen (secondary N) is 1. The first kappa shape index (κ1) is 25.9. The number of ether oxygens (including phenoxy) is 5. The lowest BCUT2D eigenvalue weighted by Crippen LogP contribution is -2.27. The molecule has 0 bridgehead atoms. The molecule has 2 aromatic rings. The summed E-state index contributed by atoms with van der Waals surface area (Å²) in [5.74, 6) is 0.0671. The van der Waals surface area contributed by atoms with Crippen LogP contribution >= 0.6 is 0 Å². The maximum absolute atomic E-state index is 12.1. The minimum absolute atomic E-state index is 0.0671. The van der Waals surface area contributed by atoms with Gasteiger partial charge in [-0.15, -0.1) is 6.58 Å². The number of fused-ring (bicyclic) bond motifs is 3. The molecule has 0 unspecified atom stereocenters. The summed E-state index contributed by atoms with van der Waals surface area (Å²) in [6, 6.07) is 16.6. The Morgan fingerprint density at radius 1 is 0.794 bits per heavy atom. The molecule has 0 atom stereocenters. The monoisotopic (exact) mass is 469 g/mol. The average molecular weight is 470 g/mol. The third kappa shape index (κ3) is 8.25. The van der Waals surface area contributed by atoms with Crippen LogP contribution in [0.25, 0.3) is 11.1 Å². The van der Waals surface area contributed by atoms with Crippen molar-refractivity contribution < 1.29 is 28.5 Å². The minimum Gasteiger partial charge on any atom is -0.449 e. The molecule has 0 aliphatic heterocycles. The van der Waals surface area contributed by atoms with Gasteiger partial charge in [0.2, 0.25) is 0 Å². The fourth-order valence-corrected chi connectivity index (χ4v) is 3.84. The summed E-state index contributed by atoms with van der Waals surface area (Å²) < 4.78 is 27.1. The van der Waals surface area contributed by atoms with Gasteiger partial charge in [0, 0.05) is 19.1 Å². The quantitative estimate of drug-likeness (QED) is 0.277. The summed E-state index contributed by atoms with van der Waals surface area (Å²) >= 11 is 0. The molecule has 2 aromatic carbocycles. The van der Waals surface area contributed by atoms with Crippen LogP contribution in [0, 0.1) is 0 Å². The zero-order valence-electron chi connectivity index (χ0n) is 19.7. The topological polar surface area (TPSA) is 75.3 Å². The highest BCUT2D eigenvalue weighted by Crippen LogP contribution is 2.44. The van der Waals surface area contributed by atoms with E-state index in [2.05, 4.69) is 36.2 Å². The molecule has 0 saturated carbocycles. The van der Waals surface area contributed by atoms with E-state index in [1.807, 2.05) is 24.3 Å². The Labute approximate surface area is 202 Å². The van der Waals surface area contributed by atoms with Gasteiger partial charge < -0.3 is 29.0 Å². The summed E-state index contributed by atoms with van der Waals surface area (Å²) in [6.45, 7) is 8.65. The number of hydrogen-bond acceptors (Lipinski definition) is 6. The summed E-state index contributed by atoms with van der Waals surface area (Å²) in [7, 11) is 0. The molecular formula is C27H35NO6. The van der Waals surface area contributed by atoms with Crippen LogP contribution < -0.4 is 5.32 Å². The maximum atomic E-state index is 12.1. The van der Waals surface area contributed by atoms with Gasteiger partial charge >= 0.3 is 6.09 Å². The van der Waals surface area contributed by atoms with E-state index in [1.54, 1.807) is 6.08 Å². The van der Waals surface area contributed by atoms with Gasteiger partial charge in [0.05, 0.1) is 46.2 Å². The molecule has 0 radical (unpaired) electrons. The SMILES string of the molecule is C=CCOCCOCCOCCOCCCNC(=O)OCC1c2ccccc2-c2ccccc21. The second-order valence-corrected chi connectivity index (χ2v) is 7.81. The Hall–Kier alpha value is -2.71. The standard InChI is InChI=1S/C27H35NO6/c1-2-13-30-15-17-32-19-20-33-18-16-31-14-7-12-28-27(29)34-21-26-24-10-5-3-8-22(24)23-9-4-6-11-25(23)26/h2-6,8-11,26H,1,7,12-21H2,(H,28,29). The van der Waals surface area contributed by atoms with Crippen molar-refractivity contribution in [2.24, 2.45) is 0 Å². The molecule has 1 N–H and O–H groups in total. The molecule has 1 amide bonds. The first-order valence-electron chi connectivity index (χ1n) is 11.8. The van der Waals surface area contributed by atoms with Crippen molar-refractivity contribution >= 4 is 6.09 Å². The maximum Gasteiger partial charge on any atom is 0.407 e. The summed E-state index contributed by atoms with van der Waals surface area (Å²) in [4.78, 5) is 12.1. The lowest BCUT2D eigenvalue weighted by atomic mass is 9.98. The van der Waals surface area contributed by atoms with Gasteiger partial charge in [-0.3, -0.25) is 0 Å². The molecule has 1 aliphatic carbocycles. The number of hydrogen-bond donors (Lipinski definition) is 1. The number of carbonyl (C=O) groups is 1. The Kier molecular flexibility index (Phi) is 11.6. The normalized spacial score (nSPS) is 12.2. The van der Waals surface area contributed by atoms with E-state index in [1.165, 1.54) is 22.3 Å². The van der Waals surface area contributed by atoms with Gasteiger partial charge in [-0.05, 0) is 28.7 Å². The van der Waals surface area contributed by atoms with Crippen molar-refractivity contribution in [1.82, 2.24) is 5.32 Å². The predicted molar refractivity (Wildman–Crippen MR) is 131 cm³/mol. The molecule has 34 heavy (non-hydrogen) atoms. The highest BCUT2D eigenvalue weighted by atomic mass is 16.6. The highest BCUT2D eigenvalue weighted by molar-refractivity contribution is 5.79. The van der Waals surface area contributed by atoms with Gasteiger partial charge in [-0.2, -0.15) is 0 Å². The Bertz CT molecular complexity index is 841. The van der Waals surface area contributed by atoms with Crippen molar-refractivity contribution in [2.75, 3.05) is 66.0 Å². The third-order valence-electron chi connectivity index (χ3n) is 5.43. The fraction of sp³-hybridized carbons (Fsp3) is 0.444. The highest BCUT2D eigenvalue weighted by Gasteiger charge is 2.28. The summed E-state index contributed by atoms with van der Waals surface area (Å²) in [5, 5.41) is 2.79. The molecule has 184 valence electrons. The second kappa shape index (κ2) is 15.2. The van der Waals surface area contributed by atoms with E-state index in [4.69, 9.17) is 23.7 Å². The van der Waals surface area contributed by atoms with Gasteiger partial charge in [0.1, 0.15) is 6.61 Å². The van der Waals surface area contributed by atoms with Crippen molar-refractivity contribution in [1.29, 1.82) is 0 Å². The van der Waals surface area contributed by atoms with Gasteiger partial charge in [0.15, 0.2) is 0 Å². The van der Waals surface area contributed by atoms with E-state index in [-0.39, 0.29) is 5.92 Å². The second-order valence-electron chi connectivity index (χ2n) is 7.81. The van der Waals surface area contributed by atoms with Gasteiger partial charge in [0.25, 0.3) is 0 Å². The number of carbonyl (C=O) groups excluding carboxylic acids is 1. The van der Waals surface area contributed by atoms with Crippen molar-refractivity contribution in [3.8, 4) is 11.1 Å². The molecular weight excluding hydrogens is 434 g/mol. The van der Waals surface area contributed by atoms with Crippen LogP contribution in [0.3, 0.4) is 0 Å². The van der Waals surface area contributed by atoms with E-state index >= 15 is 0 Å². The fourth-order valence-electron chi connectivity index (χ4n) is 3.84. The first-order chi connectivity index (χ1) is 16.8. The lowest BCUT2D eigenvalue weighted by Gasteiger charge is -2.14. The van der Waals surface area contributed by atoms with Gasteiger partial charge in [-0.1, -0.05) is 54.6 Å². The first-order valence-corrected chi connectivity index (χ1v) is 11.8.